The van der Waals surface area contributed by atoms with Gasteiger partial charge in [0.05, 0.1) is 12.2 Å². The number of aliphatic hydroxyl groups excluding tert-OH is 1. The molecule has 0 bridgehead atoms. The maximum absolute atomic E-state index is 12.9. The Labute approximate surface area is 138 Å². The molecular formula is C17H21F3N2O2. The molecule has 24 heavy (non-hydrogen) atoms. The zero-order valence-corrected chi connectivity index (χ0v) is 13.3. The third-order valence-electron chi connectivity index (χ3n) is 4.82. The lowest BCUT2D eigenvalue weighted by molar-refractivity contribution is -0.137. The second-order valence-corrected chi connectivity index (χ2v) is 6.67. The van der Waals surface area contributed by atoms with E-state index in [1.165, 1.54) is 12.1 Å². The summed E-state index contributed by atoms with van der Waals surface area (Å²) in [5.74, 6) is 0. The molecule has 3 rings (SSSR count). The first-order chi connectivity index (χ1) is 11.4. The Kier molecular flexibility index (Phi) is 4.46. The molecule has 7 heteroatoms. The number of aliphatic hydroxyl groups is 1. The van der Waals surface area contributed by atoms with Gasteiger partial charge in [-0.1, -0.05) is 18.2 Å². The lowest BCUT2D eigenvalue weighted by Gasteiger charge is -2.24. The van der Waals surface area contributed by atoms with Crippen molar-refractivity contribution in [3.8, 4) is 0 Å². The molecule has 2 saturated carbocycles. The number of alkyl halides is 3. The monoisotopic (exact) mass is 342 g/mol. The summed E-state index contributed by atoms with van der Waals surface area (Å²) in [7, 11) is 0. The number of nitrogens with zero attached hydrogens (tertiary/aromatic N) is 1. The predicted octanol–water partition coefficient (Wildman–Crippen LogP) is 2.90. The maximum Gasteiger partial charge on any atom is 0.416 e. The van der Waals surface area contributed by atoms with Crippen LogP contribution >= 0.6 is 0 Å². The smallest absolute Gasteiger partial charge is 0.395 e. The van der Waals surface area contributed by atoms with E-state index in [1.807, 2.05) is 0 Å². The average molecular weight is 342 g/mol. The van der Waals surface area contributed by atoms with Crippen LogP contribution in [0.25, 0.3) is 0 Å². The average Bonchev–Trinajstić information content (AvgIpc) is 3.44. The summed E-state index contributed by atoms with van der Waals surface area (Å²) in [6, 6.07) is 5.30. The van der Waals surface area contributed by atoms with Crippen molar-refractivity contribution >= 4 is 6.03 Å². The van der Waals surface area contributed by atoms with Gasteiger partial charge in [0, 0.05) is 24.5 Å². The van der Waals surface area contributed by atoms with Gasteiger partial charge in [0.25, 0.3) is 0 Å². The van der Waals surface area contributed by atoms with E-state index in [0.29, 0.717) is 12.1 Å². The molecule has 1 aromatic rings. The maximum atomic E-state index is 12.9. The summed E-state index contributed by atoms with van der Waals surface area (Å²) in [6.45, 7) is 0.511. The second kappa shape index (κ2) is 6.27. The van der Waals surface area contributed by atoms with Gasteiger partial charge in [-0.25, -0.2) is 4.79 Å². The topological polar surface area (TPSA) is 52.6 Å². The molecule has 0 aromatic heterocycles. The highest BCUT2D eigenvalue weighted by atomic mass is 19.4. The zero-order valence-electron chi connectivity index (χ0n) is 13.3. The van der Waals surface area contributed by atoms with Crippen LogP contribution in [0.1, 0.15) is 36.8 Å². The molecule has 4 nitrogen and oxygen atoms in total. The molecule has 132 valence electrons. The highest BCUT2D eigenvalue weighted by Crippen LogP contribution is 2.48. The van der Waals surface area contributed by atoms with Crippen molar-refractivity contribution in [1.29, 1.82) is 0 Å². The molecule has 0 atom stereocenters. The fourth-order valence-corrected chi connectivity index (χ4v) is 3.03. The normalized spacial score (nSPS) is 19.0. The molecule has 2 aliphatic rings. The van der Waals surface area contributed by atoms with Crippen molar-refractivity contribution in [2.24, 2.45) is 0 Å². The van der Waals surface area contributed by atoms with E-state index >= 15 is 0 Å². The summed E-state index contributed by atoms with van der Waals surface area (Å²) in [5.41, 5.74) is -0.430. The van der Waals surface area contributed by atoms with Crippen molar-refractivity contribution in [3.63, 3.8) is 0 Å². The number of hydrogen-bond donors (Lipinski definition) is 2. The van der Waals surface area contributed by atoms with Gasteiger partial charge in [-0.3, -0.25) is 0 Å². The van der Waals surface area contributed by atoms with Crippen molar-refractivity contribution in [3.05, 3.63) is 35.4 Å². The summed E-state index contributed by atoms with van der Waals surface area (Å²) in [6.07, 6.45) is -0.965. The quantitative estimate of drug-likeness (QED) is 0.835. The van der Waals surface area contributed by atoms with Gasteiger partial charge < -0.3 is 15.3 Å². The van der Waals surface area contributed by atoms with Gasteiger partial charge in [0.15, 0.2) is 0 Å². The minimum Gasteiger partial charge on any atom is -0.395 e. The Morgan fingerprint density at radius 3 is 2.58 bits per heavy atom. The molecule has 2 N–H and O–H groups in total. The number of halogens is 3. The first kappa shape index (κ1) is 17.1. The predicted molar refractivity (Wildman–Crippen MR) is 82.6 cm³/mol. The number of amides is 2. The van der Waals surface area contributed by atoms with Crippen molar-refractivity contribution in [2.45, 2.75) is 43.3 Å². The van der Waals surface area contributed by atoms with Crippen LogP contribution < -0.4 is 5.32 Å². The fourth-order valence-electron chi connectivity index (χ4n) is 3.03. The number of carbonyl (C=O) groups is 1. The van der Waals surface area contributed by atoms with Gasteiger partial charge in [0.1, 0.15) is 0 Å². The standard InChI is InChI=1S/C17H21F3N2O2/c18-17(19,20)13-3-1-2-12(10-13)16(6-7-16)11-21-15(24)22(8-9-23)14-4-5-14/h1-3,10,14,23H,4-9,11H2,(H,21,24). The Morgan fingerprint density at radius 1 is 1.33 bits per heavy atom. The summed E-state index contributed by atoms with van der Waals surface area (Å²) in [5, 5.41) is 11.9. The molecule has 1 aromatic carbocycles. The number of nitrogens with one attached hydrogen (secondary N) is 1. The number of hydrogen-bond acceptors (Lipinski definition) is 2. The van der Waals surface area contributed by atoms with Crippen molar-refractivity contribution in [2.75, 3.05) is 19.7 Å². The van der Waals surface area contributed by atoms with Crippen LogP contribution in [-0.4, -0.2) is 41.8 Å². The SMILES string of the molecule is O=C(NCC1(c2cccc(C(F)(F)F)c2)CC1)N(CCO)C1CC1. The first-order valence-electron chi connectivity index (χ1n) is 8.19. The Balaban J connectivity index is 1.65. The molecule has 0 heterocycles. The fraction of sp³-hybridized carbons (Fsp3) is 0.588. The van der Waals surface area contributed by atoms with E-state index < -0.39 is 17.2 Å². The summed E-state index contributed by atoms with van der Waals surface area (Å²) < 4.78 is 38.6. The number of carbonyl (C=O) groups excluding carboxylic acids is 1. The summed E-state index contributed by atoms with van der Waals surface area (Å²) >= 11 is 0. The van der Waals surface area contributed by atoms with Crippen LogP contribution in [0, 0.1) is 0 Å². The Hall–Kier alpha value is -1.76. The number of urea groups is 1. The minimum absolute atomic E-state index is 0.0946. The number of benzene rings is 1. The van der Waals surface area contributed by atoms with E-state index in [2.05, 4.69) is 5.32 Å². The van der Waals surface area contributed by atoms with Gasteiger partial charge in [-0.15, -0.1) is 0 Å². The van der Waals surface area contributed by atoms with Crippen LogP contribution in [0.5, 0.6) is 0 Å². The van der Waals surface area contributed by atoms with Crippen LogP contribution in [0.3, 0.4) is 0 Å². The molecule has 2 aliphatic carbocycles. The molecule has 0 unspecified atom stereocenters. The van der Waals surface area contributed by atoms with Gasteiger partial charge in [0.2, 0.25) is 0 Å². The lowest BCUT2D eigenvalue weighted by Crippen LogP contribution is -2.45. The van der Waals surface area contributed by atoms with Crippen LogP contribution in [0.4, 0.5) is 18.0 Å². The number of rotatable bonds is 6. The zero-order chi connectivity index (χ0) is 17.4. The van der Waals surface area contributed by atoms with Crippen molar-refractivity contribution < 1.29 is 23.1 Å². The van der Waals surface area contributed by atoms with Crippen LogP contribution in [0.2, 0.25) is 0 Å². The third-order valence-corrected chi connectivity index (χ3v) is 4.82. The summed E-state index contributed by atoms with van der Waals surface area (Å²) in [4.78, 5) is 13.9. The lowest BCUT2D eigenvalue weighted by atomic mass is 9.94. The Morgan fingerprint density at radius 2 is 2.04 bits per heavy atom. The van der Waals surface area contributed by atoms with Crippen molar-refractivity contribution in [1.82, 2.24) is 10.2 Å². The molecule has 2 fully saturated rings. The van der Waals surface area contributed by atoms with Gasteiger partial charge in [-0.05, 0) is 37.3 Å². The largest absolute Gasteiger partial charge is 0.416 e. The van der Waals surface area contributed by atoms with Crippen LogP contribution in [-0.2, 0) is 11.6 Å². The molecule has 0 radical (unpaired) electrons. The van der Waals surface area contributed by atoms with E-state index in [-0.39, 0.29) is 25.2 Å². The van der Waals surface area contributed by atoms with E-state index in [4.69, 9.17) is 5.11 Å². The molecule has 0 aliphatic heterocycles. The third kappa shape index (κ3) is 3.66. The van der Waals surface area contributed by atoms with E-state index in [1.54, 1.807) is 11.0 Å². The first-order valence-corrected chi connectivity index (χ1v) is 8.19. The second-order valence-electron chi connectivity index (χ2n) is 6.67. The molecule has 0 spiro atoms. The molecule has 2 amide bonds. The highest BCUT2D eigenvalue weighted by Gasteiger charge is 2.46. The molecule has 0 saturated heterocycles. The van der Waals surface area contributed by atoms with Crippen LogP contribution in [0.15, 0.2) is 24.3 Å². The Bertz CT molecular complexity index is 610. The minimum atomic E-state index is -4.36. The van der Waals surface area contributed by atoms with Gasteiger partial charge in [-0.2, -0.15) is 13.2 Å². The van der Waals surface area contributed by atoms with Gasteiger partial charge >= 0.3 is 12.2 Å². The van der Waals surface area contributed by atoms with E-state index in [9.17, 15) is 18.0 Å². The highest BCUT2D eigenvalue weighted by molar-refractivity contribution is 5.75. The molecular weight excluding hydrogens is 321 g/mol. The van der Waals surface area contributed by atoms with E-state index in [0.717, 1.165) is 31.7 Å².